The molecule has 0 fully saturated rings. The molecule has 2 rings (SSSR count). The van der Waals surface area contributed by atoms with Crippen molar-refractivity contribution in [1.82, 2.24) is 15.3 Å². The van der Waals surface area contributed by atoms with Gasteiger partial charge in [0.15, 0.2) is 0 Å². The number of carbonyl (C=O) groups excluding carboxylic acids is 1. The lowest BCUT2D eigenvalue weighted by Crippen LogP contribution is -2.27. The third kappa shape index (κ3) is 4.95. The van der Waals surface area contributed by atoms with Crippen LogP contribution in [0.5, 0.6) is 5.75 Å². The summed E-state index contributed by atoms with van der Waals surface area (Å²) in [4.78, 5) is 20.3. The molecule has 1 heterocycles. The minimum absolute atomic E-state index is 0.214. The van der Waals surface area contributed by atoms with Crippen molar-refractivity contribution < 1.29 is 9.53 Å². The van der Waals surface area contributed by atoms with Crippen LogP contribution in [0.2, 0.25) is 0 Å². The van der Waals surface area contributed by atoms with Crippen LogP contribution in [0.3, 0.4) is 0 Å². The average molecular weight is 314 g/mol. The molecule has 0 unspecified atom stereocenters. The minimum atomic E-state index is -0.214. The van der Waals surface area contributed by atoms with Crippen molar-refractivity contribution in [2.45, 2.75) is 26.3 Å². The van der Waals surface area contributed by atoms with Gasteiger partial charge in [-0.2, -0.15) is 0 Å². The van der Waals surface area contributed by atoms with Crippen LogP contribution in [0.4, 0.5) is 5.82 Å². The molecule has 0 spiro atoms. The first-order valence-corrected chi connectivity index (χ1v) is 7.59. The van der Waals surface area contributed by atoms with E-state index in [1.807, 2.05) is 38.1 Å². The smallest absolute Gasteiger partial charge is 0.270 e. The fourth-order valence-corrected chi connectivity index (χ4v) is 2.17. The summed E-state index contributed by atoms with van der Waals surface area (Å²) in [7, 11) is 1.64. The SMILES string of the molecule is COc1ccccc1CCNC(=O)c1cc(NC(C)C)ncn1. The quantitative estimate of drug-likeness (QED) is 0.820. The van der Waals surface area contributed by atoms with Gasteiger partial charge in [-0.3, -0.25) is 4.79 Å². The van der Waals surface area contributed by atoms with Crippen LogP contribution in [-0.2, 0) is 6.42 Å². The third-order valence-corrected chi connectivity index (χ3v) is 3.21. The summed E-state index contributed by atoms with van der Waals surface area (Å²) < 4.78 is 5.30. The number of methoxy groups -OCH3 is 1. The van der Waals surface area contributed by atoms with Gasteiger partial charge < -0.3 is 15.4 Å². The fraction of sp³-hybridized carbons (Fsp3) is 0.353. The molecule has 23 heavy (non-hydrogen) atoms. The Balaban J connectivity index is 1.92. The monoisotopic (exact) mass is 314 g/mol. The molecule has 2 aromatic rings. The molecule has 0 radical (unpaired) electrons. The molecular weight excluding hydrogens is 292 g/mol. The van der Waals surface area contributed by atoms with Crippen LogP contribution >= 0.6 is 0 Å². The third-order valence-electron chi connectivity index (χ3n) is 3.21. The van der Waals surface area contributed by atoms with E-state index in [9.17, 15) is 4.79 Å². The molecule has 122 valence electrons. The van der Waals surface area contributed by atoms with Crippen LogP contribution in [0.1, 0.15) is 29.9 Å². The number of hydrogen-bond donors (Lipinski definition) is 2. The van der Waals surface area contributed by atoms with Gasteiger partial charge in [0.2, 0.25) is 0 Å². The molecule has 1 aromatic heterocycles. The number of hydrogen-bond acceptors (Lipinski definition) is 5. The largest absolute Gasteiger partial charge is 0.496 e. The van der Waals surface area contributed by atoms with E-state index in [-0.39, 0.29) is 11.9 Å². The summed E-state index contributed by atoms with van der Waals surface area (Å²) in [6.45, 7) is 4.53. The van der Waals surface area contributed by atoms with E-state index in [0.29, 0.717) is 24.5 Å². The summed E-state index contributed by atoms with van der Waals surface area (Å²) in [5.41, 5.74) is 1.41. The number of nitrogens with zero attached hydrogens (tertiary/aromatic N) is 2. The van der Waals surface area contributed by atoms with Gasteiger partial charge in [0.1, 0.15) is 23.6 Å². The van der Waals surface area contributed by atoms with Gasteiger partial charge >= 0.3 is 0 Å². The number of ether oxygens (including phenoxy) is 1. The second kappa shape index (κ2) is 8.12. The predicted molar refractivity (Wildman–Crippen MR) is 89.8 cm³/mol. The van der Waals surface area contributed by atoms with Crippen LogP contribution < -0.4 is 15.4 Å². The van der Waals surface area contributed by atoms with E-state index in [4.69, 9.17) is 4.74 Å². The summed E-state index contributed by atoms with van der Waals surface area (Å²) in [5.74, 6) is 1.26. The Morgan fingerprint density at radius 2 is 2.04 bits per heavy atom. The molecule has 0 aliphatic heterocycles. The number of para-hydroxylation sites is 1. The van der Waals surface area contributed by atoms with Gasteiger partial charge in [-0.05, 0) is 31.9 Å². The number of anilines is 1. The van der Waals surface area contributed by atoms with Crippen molar-refractivity contribution >= 4 is 11.7 Å². The van der Waals surface area contributed by atoms with Crippen molar-refractivity contribution in [3.63, 3.8) is 0 Å². The highest BCUT2D eigenvalue weighted by Crippen LogP contribution is 2.17. The normalized spacial score (nSPS) is 10.4. The molecule has 0 bridgehead atoms. The number of carbonyl (C=O) groups is 1. The molecule has 6 heteroatoms. The number of aromatic nitrogens is 2. The summed E-state index contributed by atoms with van der Waals surface area (Å²) in [6, 6.07) is 9.66. The van der Waals surface area contributed by atoms with E-state index in [1.54, 1.807) is 13.2 Å². The molecule has 0 saturated heterocycles. The molecule has 0 atom stereocenters. The Hall–Kier alpha value is -2.63. The van der Waals surface area contributed by atoms with Gasteiger partial charge in [-0.1, -0.05) is 18.2 Å². The first kappa shape index (κ1) is 16.7. The maximum atomic E-state index is 12.2. The fourth-order valence-electron chi connectivity index (χ4n) is 2.17. The zero-order valence-electron chi connectivity index (χ0n) is 13.7. The van der Waals surface area contributed by atoms with Gasteiger partial charge in [0.05, 0.1) is 7.11 Å². The number of nitrogens with one attached hydrogen (secondary N) is 2. The van der Waals surface area contributed by atoms with Gasteiger partial charge in [-0.15, -0.1) is 0 Å². The van der Waals surface area contributed by atoms with Crippen molar-refractivity contribution in [2.75, 3.05) is 19.0 Å². The zero-order chi connectivity index (χ0) is 16.7. The van der Waals surface area contributed by atoms with Crippen LogP contribution in [-0.4, -0.2) is 35.6 Å². The summed E-state index contributed by atoms with van der Waals surface area (Å²) in [5, 5.41) is 6.02. The highest BCUT2D eigenvalue weighted by atomic mass is 16.5. The first-order chi connectivity index (χ1) is 11.1. The van der Waals surface area contributed by atoms with E-state index in [2.05, 4.69) is 20.6 Å². The molecule has 0 aliphatic rings. The van der Waals surface area contributed by atoms with Crippen molar-refractivity contribution in [3.05, 3.63) is 47.9 Å². The molecule has 6 nitrogen and oxygen atoms in total. The summed E-state index contributed by atoms with van der Waals surface area (Å²) in [6.07, 6.45) is 2.08. The highest BCUT2D eigenvalue weighted by Gasteiger charge is 2.09. The van der Waals surface area contributed by atoms with Gasteiger partial charge in [0.25, 0.3) is 5.91 Å². The number of rotatable bonds is 7. The number of amides is 1. The maximum Gasteiger partial charge on any atom is 0.270 e. The van der Waals surface area contributed by atoms with Crippen molar-refractivity contribution in [3.8, 4) is 5.75 Å². The number of benzene rings is 1. The van der Waals surface area contributed by atoms with Gasteiger partial charge in [0, 0.05) is 18.7 Å². The topological polar surface area (TPSA) is 76.1 Å². The van der Waals surface area contributed by atoms with Crippen LogP contribution in [0, 0.1) is 0 Å². The lowest BCUT2D eigenvalue weighted by molar-refractivity contribution is 0.0949. The Labute approximate surface area is 136 Å². The van der Waals surface area contributed by atoms with Gasteiger partial charge in [-0.25, -0.2) is 9.97 Å². The Kier molecular flexibility index (Phi) is 5.91. The lowest BCUT2D eigenvalue weighted by atomic mass is 10.1. The van der Waals surface area contributed by atoms with E-state index in [0.717, 1.165) is 11.3 Å². The second-order valence-electron chi connectivity index (χ2n) is 5.41. The molecule has 1 aromatic carbocycles. The molecule has 0 saturated carbocycles. The highest BCUT2D eigenvalue weighted by molar-refractivity contribution is 5.92. The van der Waals surface area contributed by atoms with E-state index >= 15 is 0 Å². The van der Waals surface area contributed by atoms with E-state index < -0.39 is 0 Å². The molecule has 2 N–H and O–H groups in total. The Morgan fingerprint density at radius 1 is 1.26 bits per heavy atom. The molecule has 1 amide bonds. The molecule has 0 aliphatic carbocycles. The van der Waals surface area contributed by atoms with Crippen LogP contribution in [0.25, 0.3) is 0 Å². The summed E-state index contributed by atoms with van der Waals surface area (Å²) >= 11 is 0. The Bertz CT molecular complexity index is 659. The van der Waals surface area contributed by atoms with E-state index in [1.165, 1.54) is 6.33 Å². The first-order valence-electron chi connectivity index (χ1n) is 7.59. The standard InChI is InChI=1S/C17H22N4O2/c1-12(2)21-16-10-14(19-11-20-16)17(22)18-9-8-13-6-4-5-7-15(13)23-3/h4-7,10-12H,8-9H2,1-3H3,(H,18,22)(H,19,20,21). The molecular formula is C17H22N4O2. The lowest BCUT2D eigenvalue weighted by Gasteiger charge is -2.10. The maximum absolute atomic E-state index is 12.2. The van der Waals surface area contributed by atoms with Crippen LogP contribution in [0.15, 0.2) is 36.7 Å². The second-order valence-corrected chi connectivity index (χ2v) is 5.41. The van der Waals surface area contributed by atoms with Crippen molar-refractivity contribution in [1.29, 1.82) is 0 Å². The van der Waals surface area contributed by atoms with Crippen molar-refractivity contribution in [2.24, 2.45) is 0 Å². The zero-order valence-corrected chi connectivity index (χ0v) is 13.7. The average Bonchev–Trinajstić information content (AvgIpc) is 2.55. The minimum Gasteiger partial charge on any atom is -0.496 e. The Morgan fingerprint density at radius 3 is 2.78 bits per heavy atom. The predicted octanol–water partition coefficient (Wildman–Crippen LogP) is 2.28.